The molecule has 0 fully saturated rings. The summed E-state index contributed by atoms with van der Waals surface area (Å²) >= 11 is 5.83. The molecule has 0 spiro atoms. The minimum absolute atomic E-state index is 0.0932. The fourth-order valence-corrected chi connectivity index (χ4v) is 2.07. The van der Waals surface area contributed by atoms with Crippen LogP contribution in [0.4, 0.5) is 5.69 Å². The van der Waals surface area contributed by atoms with Crippen molar-refractivity contribution in [3.05, 3.63) is 64.2 Å². The number of anilines is 1. The van der Waals surface area contributed by atoms with E-state index in [9.17, 15) is 4.79 Å². The molecule has 0 radical (unpaired) electrons. The van der Waals surface area contributed by atoms with Gasteiger partial charge in [-0.2, -0.15) is 0 Å². The Labute approximate surface area is 124 Å². The highest BCUT2D eigenvalue weighted by atomic mass is 35.5. The van der Waals surface area contributed by atoms with Crippen molar-refractivity contribution < 1.29 is 4.79 Å². The Hall–Kier alpha value is -2.00. The van der Waals surface area contributed by atoms with Crippen molar-refractivity contribution in [2.45, 2.75) is 13.5 Å². The van der Waals surface area contributed by atoms with Crippen LogP contribution in [-0.4, -0.2) is 13.0 Å². The van der Waals surface area contributed by atoms with Gasteiger partial charge in [-0.25, -0.2) is 0 Å². The molecular formula is C16H17ClN2O. The lowest BCUT2D eigenvalue weighted by Crippen LogP contribution is -2.23. The van der Waals surface area contributed by atoms with E-state index < -0.39 is 0 Å². The number of amides is 1. The van der Waals surface area contributed by atoms with E-state index in [0.717, 1.165) is 16.8 Å². The number of halogens is 1. The summed E-state index contributed by atoms with van der Waals surface area (Å²) in [6.07, 6.45) is 0. The third-order valence-corrected chi connectivity index (χ3v) is 3.31. The lowest BCUT2D eigenvalue weighted by atomic mass is 10.1. The van der Waals surface area contributed by atoms with E-state index in [0.29, 0.717) is 17.1 Å². The van der Waals surface area contributed by atoms with Gasteiger partial charge in [0.1, 0.15) is 0 Å². The second kappa shape index (κ2) is 6.44. The molecule has 0 aromatic heterocycles. The average molecular weight is 289 g/mol. The fraction of sp³-hybridized carbons (Fsp3) is 0.188. The van der Waals surface area contributed by atoms with Crippen LogP contribution in [0, 0.1) is 6.92 Å². The third-order valence-electron chi connectivity index (χ3n) is 3.06. The quantitative estimate of drug-likeness (QED) is 0.902. The zero-order chi connectivity index (χ0) is 14.5. The third kappa shape index (κ3) is 3.52. The standard InChI is InChI=1S/C16H17ClN2O/c1-11-3-8-14(15(9-11)18-2)16(20)19-10-12-4-6-13(17)7-5-12/h3-9,18H,10H2,1-2H3,(H,19,20). The van der Waals surface area contributed by atoms with Gasteiger partial charge < -0.3 is 10.6 Å². The number of rotatable bonds is 4. The summed E-state index contributed by atoms with van der Waals surface area (Å²) < 4.78 is 0. The molecule has 104 valence electrons. The van der Waals surface area contributed by atoms with Gasteiger partial charge in [0.25, 0.3) is 5.91 Å². The first-order valence-electron chi connectivity index (χ1n) is 6.41. The van der Waals surface area contributed by atoms with E-state index in [4.69, 9.17) is 11.6 Å². The zero-order valence-corrected chi connectivity index (χ0v) is 12.3. The molecule has 4 heteroatoms. The van der Waals surface area contributed by atoms with E-state index in [1.165, 1.54) is 0 Å². The summed E-state index contributed by atoms with van der Waals surface area (Å²) in [7, 11) is 1.81. The first kappa shape index (κ1) is 14.4. The highest BCUT2D eigenvalue weighted by Crippen LogP contribution is 2.17. The van der Waals surface area contributed by atoms with Crippen molar-refractivity contribution in [3.63, 3.8) is 0 Å². The second-order valence-electron chi connectivity index (χ2n) is 4.61. The molecule has 3 nitrogen and oxygen atoms in total. The van der Waals surface area contributed by atoms with Gasteiger partial charge in [-0.1, -0.05) is 29.8 Å². The van der Waals surface area contributed by atoms with Crippen molar-refractivity contribution in [1.82, 2.24) is 5.32 Å². The van der Waals surface area contributed by atoms with Gasteiger partial charge in [0.2, 0.25) is 0 Å². The maximum absolute atomic E-state index is 12.2. The molecule has 2 aromatic carbocycles. The number of carbonyl (C=O) groups excluding carboxylic acids is 1. The number of hydrogen-bond acceptors (Lipinski definition) is 2. The Morgan fingerprint density at radius 3 is 2.50 bits per heavy atom. The van der Waals surface area contributed by atoms with Crippen LogP contribution in [-0.2, 0) is 6.54 Å². The molecule has 0 bridgehead atoms. The highest BCUT2D eigenvalue weighted by Gasteiger charge is 2.10. The van der Waals surface area contributed by atoms with Crippen LogP contribution in [0.5, 0.6) is 0 Å². The summed E-state index contributed by atoms with van der Waals surface area (Å²) in [6, 6.07) is 13.1. The Morgan fingerprint density at radius 2 is 1.85 bits per heavy atom. The van der Waals surface area contributed by atoms with E-state index in [1.54, 1.807) is 0 Å². The molecule has 2 N–H and O–H groups in total. The van der Waals surface area contributed by atoms with Crippen molar-refractivity contribution in [1.29, 1.82) is 0 Å². The van der Waals surface area contributed by atoms with E-state index in [2.05, 4.69) is 10.6 Å². The van der Waals surface area contributed by atoms with E-state index >= 15 is 0 Å². The molecule has 0 aliphatic rings. The molecular weight excluding hydrogens is 272 g/mol. The van der Waals surface area contributed by atoms with Crippen LogP contribution in [0.3, 0.4) is 0 Å². The first-order chi connectivity index (χ1) is 9.60. The van der Waals surface area contributed by atoms with Crippen LogP contribution in [0.2, 0.25) is 5.02 Å². The van der Waals surface area contributed by atoms with Crippen LogP contribution < -0.4 is 10.6 Å². The van der Waals surface area contributed by atoms with Gasteiger partial charge in [0.15, 0.2) is 0 Å². The number of benzene rings is 2. The summed E-state index contributed by atoms with van der Waals surface area (Å²) in [6.45, 7) is 2.48. The van der Waals surface area contributed by atoms with Crippen molar-refractivity contribution in [2.75, 3.05) is 12.4 Å². The van der Waals surface area contributed by atoms with Gasteiger partial charge in [0.05, 0.1) is 5.56 Å². The van der Waals surface area contributed by atoms with E-state index in [1.807, 2.05) is 56.4 Å². The maximum Gasteiger partial charge on any atom is 0.253 e. The van der Waals surface area contributed by atoms with Crippen molar-refractivity contribution >= 4 is 23.2 Å². The predicted molar refractivity (Wildman–Crippen MR) is 83.3 cm³/mol. The normalized spacial score (nSPS) is 10.2. The fourth-order valence-electron chi connectivity index (χ4n) is 1.94. The Bertz CT molecular complexity index is 608. The zero-order valence-electron chi connectivity index (χ0n) is 11.5. The molecule has 0 saturated heterocycles. The van der Waals surface area contributed by atoms with E-state index in [-0.39, 0.29) is 5.91 Å². The average Bonchev–Trinajstić information content (AvgIpc) is 2.46. The van der Waals surface area contributed by atoms with Gasteiger partial charge in [-0.3, -0.25) is 4.79 Å². The molecule has 20 heavy (non-hydrogen) atoms. The monoisotopic (exact) mass is 288 g/mol. The smallest absolute Gasteiger partial charge is 0.253 e. The Kier molecular flexibility index (Phi) is 4.64. The summed E-state index contributed by atoms with van der Waals surface area (Å²) in [5, 5.41) is 6.64. The minimum Gasteiger partial charge on any atom is -0.387 e. The van der Waals surface area contributed by atoms with Crippen LogP contribution in [0.1, 0.15) is 21.5 Å². The van der Waals surface area contributed by atoms with Crippen molar-refractivity contribution in [2.24, 2.45) is 0 Å². The molecule has 1 amide bonds. The van der Waals surface area contributed by atoms with Crippen LogP contribution in [0.15, 0.2) is 42.5 Å². The van der Waals surface area contributed by atoms with Crippen LogP contribution in [0.25, 0.3) is 0 Å². The molecule has 0 atom stereocenters. The van der Waals surface area contributed by atoms with Gasteiger partial charge >= 0.3 is 0 Å². The number of hydrogen-bond donors (Lipinski definition) is 2. The number of carbonyl (C=O) groups is 1. The largest absolute Gasteiger partial charge is 0.387 e. The summed E-state index contributed by atoms with van der Waals surface area (Å²) in [5.41, 5.74) is 3.61. The first-order valence-corrected chi connectivity index (χ1v) is 6.79. The molecule has 0 saturated carbocycles. The molecule has 0 aliphatic carbocycles. The number of aryl methyl sites for hydroxylation is 1. The topological polar surface area (TPSA) is 41.1 Å². The summed E-state index contributed by atoms with van der Waals surface area (Å²) in [4.78, 5) is 12.2. The Morgan fingerprint density at radius 1 is 1.15 bits per heavy atom. The molecule has 0 heterocycles. The van der Waals surface area contributed by atoms with Crippen molar-refractivity contribution in [3.8, 4) is 0 Å². The molecule has 0 unspecified atom stereocenters. The maximum atomic E-state index is 12.2. The minimum atomic E-state index is -0.0932. The predicted octanol–water partition coefficient (Wildman–Crippen LogP) is 3.62. The second-order valence-corrected chi connectivity index (χ2v) is 5.04. The highest BCUT2D eigenvalue weighted by molar-refractivity contribution is 6.30. The molecule has 0 aliphatic heterocycles. The Balaban J connectivity index is 2.07. The van der Waals surface area contributed by atoms with Gasteiger partial charge in [-0.15, -0.1) is 0 Å². The van der Waals surface area contributed by atoms with Gasteiger partial charge in [0, 0.05) is 24.3 Å². The number of nitrogens with one attached hydrogen (secondary N) is 2. The molecule has 2 rings (SSSR count). The van der Waals surface area contributed by atoms with Gasteiger partial charge in [-0.05, 0) is 42.3 Å². The lowest BCUT2D eigenvalue weighted by Gasteiger charge is -2.11. The lowest BCUT2D eigenvalue weighted by molar-refractivity contribution is 0.0951. The molecule has 2 aromatic rings. The SMILES string of the molecule is CNc1cc(C)ccc1C(=O)NCc1ccc(Cl)cc1. The van der Waals surface area contributed by atoms with Crippen LogP contribution >= 0.6 is 11.6 Å². The summed E-state index contributed by atoms with van der Waals surface area (Å²) in [5.74, 6) is -0.0932.